The van der Waals surface area contributed by atoms with Crippen molar-refractivity contribution >= 4 is 6.09 Å². The second-order valence-corrected chi connectivity index (χ2v) is 8.61. The van der Waals surface area contributed by atoms with Crippen molar-refractivity contribution in [2.45, 2.75) is 71.9 Å². The number of amides is 1. The molecule has 0 saturated carbocycles. The van der Waals surface area contributed by atoms with Crippen LogP contribution in [-0.2, 0) is 4.74 Å². The molecular formula is C18H37N3O2. The number of carbonyl (C=O) groups excluding carboxylic acids is 1. The molecule has 1 amide bonds. The summed E-state index contributed by atoms with van der Waals surface area (Å²) in [6, 6.07) is 0. The lowest BCUT2D eigenvalue weighted by Gasteiger charge is -2.35. The Balaban J connectivity index is 2.49. The van der Waals surface area contributed by atoms with Crippen molar-refractivity contribution in [2.24, 2.45) is 11.8 Å². The molecule has 0 radical (unpaired) electrons. The summed E-state index contributed by atoms with van der Waals surface area (Å²) < 4.78 is 5.34. The Bertz CT molecular complexity index is 360. The standard InChI is InChI=1S/C18H37N3O2/c1-14(2)10-18(6,13-20-16(22)23-17(3,4)5)21-12-15-8-7-9-19-11-15/h14-15,19,21H,7-13H2,1-6H3,(H,20,22). The first-order valence-electron chi connectivity index (χ1n) is 9.02. The molecule has 5 heteroatoms. The van der Waals surface area contributed by atoms with Crippen LogP contribution in [0.4, 0.5) is 4.79 Å². The minimum Gasteiger partial charge on any atom is -0.444 e. The molecule has 0 spiro atoms. The molecule has 0 aromatic heterocycles. The normalized spacial score (nSPS) is 21.8. The van der Waals surface area contributed by atoms with Crippen LogP contribution in [0, 0.1) is 11.8 Å². The van der Waals surface area contributed by atoms with Crippen LogP contribution in [-0.4, -0.2) is 43.4 Å². The molecule has 1 saturated heterocycles. The van der Waals surface area contributed by atoms with Gasteiger partial charge in [-0.2, -0.15) is 0 Å². The number of carbonyl (C=O) groups is 1. The second kappa shape index (κ2) is 8.88. The minimum absolute atomic E-state index is 0.109. The van der Waals surface area contributed by atoms with E-state index < -0.39 is 5.60 Å². The number of hydrogen-bond donors (Lipinski definition) is 3. The highest BCUT2D eigenvalue weighted by Crippen LogP contribution is 2.18. The highest BCUT2D eigenvalue weighted by molar-refractivity contribution is 5.67. The van der Waals surface area contributed by atoms with Crippen LogP contribution in [0.1, 0.15) is 60.8 Å². The lowest BCUT2D eigenvalue weighted by atomic mass is 9.89. The van der Waals surface area contributed by atoms with Gasteiger partial charge in [0.2, 0.25) is 0 Å². The molecule has 0 bridgehead atoms. The summed E-state index contributed by atoms with van der Waals surface area (Å²) in [4.78, 5) is 11.9. The molecule has 1 aliphatic rings. The van der Waals surface area contributed by atoms with Gasteiger partial charge in [0.1, 0.15) is 5.60 Å². The molecule has 3 N–H and O–H groups in total. The van der Waals surface area contributed by atoms with Crippen molar-refractivity contribution in [2.75, 3.05) is 26.2 Å². The summed E-state index contributed by atoms with van der Waals surface area (Å²) in [6.07, 6.45) is 3.21. The number of ether oxygens (including phenoxy) is 1. The van der Waals surface area contributed by atoms with Gasteiger partial charge in [-0.25, -0.2) is 4.79 Å². The van der Waals surface area contributed by atoms with Crippen molar-refractivity contribution < 1.29 is 9.53 Å². The molecule has 1 rings (SSSR count). The average molecular weight is 328 g/mol. The number of alkyl carbamates (subject to hydrolysis) is 1. The van der Waals surface area contributed by atoms with Crippen LogP contribution in [0.5, 0.6) is 0 Å². The van der Waals surface area contributed by atoms with E-state index in [0.29, 0.717) is 18.4 Å². The van der Waals surface area contributed by atoms with E-state index in [1.165, 1.54) is 12.8 Å². The highest BCUT2D eigenvalue weighted by atomic mass is 16.6. The lowest BCUT2D eigenvalue weighted by Crippen LogP contribution is -2.54. The van der Waals surface area contributed by atoms with E-state index in [2.05, 4.69) is 36.7 Å². The van der Waals surface area contributed by atoms with E-state index in [0.717, 1.165) is 26.1 Å². The van der Waals surface area contributed by atoms with Gasteiger partial charge in [-0.3, -0.25) is 0 Å². The SMILES string of the molecule is CC(C)CC(C)(CNC(=O)OC(C)(C)C)NCC1CCCNC1. The van der Waals surface area contributed by atoms with Gasteiger partial charge in [-0.15, -0.1) is 0 Å². The molecule has 0 aliphatic carbocycles. The smallest absolute Gasteiger partial charge is 0.407 e. The van der Waals surface area contributed by atoms with Gasteiger partial charge in [-0.1, -0.05) is 13.8 Å². The van der Waals surface area contributed by atoms with Gasteiger partial charge < -0.3 is 20.7 Å². The Morgan fingerprint density at radius 2 is 2.00 bits per heavy atom. The maximum atomic E-state index is 11.9. The molecule has 136 valence electrons. The topological polar surface area (TPSA) is 62.4 Å². The zero-order valence-corrected chi connectivity index (χ0v) is 15.9. The minimum atomic E-state index is -0.459. The Morgan fingerprint density at radius 3 is 2.52 bits per heavy atom. The van der Waals surface area contributed by atoms with Crippen LogP contribution in [0.2, 0.25) is 0 Å². The first-order chi connectivity index (χ1) is 10.6. The zero-order chi connectivity index (χ0) is 17.5. The largest absolute Gasteiger partial charge is 0.444 e. The Morgan fingerprint density at radius 1 is 1.30 bits per heavy atom. The van der Waals surface area contributed by atoms with E-state index in [4.69, 9.17) is 4.74 Å². The molecule has 23 heavy (non-hydrogen) atoms. The summed E-state index contributed by atoms with van der Waals surface area (Å²) >= 11 is 0. The van der Waals surface area contributed by atoms with E-state index >= 15 is 0 Å². The number of piperidine rings is 1. The molecule has 0 aromatic carbocycles. The third-order valence-electron chi connectivity index (χ3n) is 4.10. The molecule has 0 aromatic rings. The van der Waals surface area contributed by atoms with Crippen molar-refractivity contribution in [1.29, 1.82) is 0 Å². The summed E-state index contributed by atoms with van der Waals surface area (Å²) in [5.41, 5.74) is -0.567. The molecule has 2 atom stereocenters. The van der Waals surface area contributed by atoms with Crippen LogP contribution in [0.15, 0.2) is 0 Å². The van der Waals surface area contributed by atoms with Gasteiger partial charge in [0.25, 0.3) is 0 Å². The van der Waals surface area contributed by atoms with E-state index in [9.17, 15) is 4.79 Å². The highest BCUT2D eigenvalue weighted by Gasteiger charge is 2.28. The molecule has 5 nitrogen and oxygen atoms in total. The first kappa shape index (κ1) is 20.2. The fourth-order valence-electron chi connectivity index (χ4n) is 3.18. The lowest BCUT2D eigenvalue weighted by molar-refractivity contribution is 0.0506. The third-order valence-corrected chi connectivity index (χ3v) is 4.10. The number of hydrogen-bond acceptors (Lipinski definition) is 4. The average Bonchev–Trinajstić information content (AvgIpc) is 2.42. The van der Waals surface area contributed by atoms with E-state index in [1.807, 2.05) is 20.8 Å². The summed E-state index contributed by atoms with van der Waals surface area (Å²) in [5, 5.41) is 10.1. The van der Waals surface area contributed by atoms with Gasteiger partial charge in [-0.05, 0) is 78.4 Å². The van der Waals surface area contributed by atoms with Gasteiger partial charge in [0.15, 0.2) is 0 Å². The molecular weight excluding hydrogens is 290 g/mol. The summed E-state index contributed by atoms with van der Waals surface area (Å²) in [5.74, 6) is 1.24. The molecule has 1 aliphatic heterocycles. The number of nitrogens with one attached hydrogen (secondary N) is 3. The third kappa shape index (κ3) is 9.16. The van der Waals surface area contributed by atoms with Crippen LogP contribution < -0.4 is 16.0 Å². The van der Waals surface area contributed by atoms with Crippen molar-refractivity contribution in [3.8, 4) is 0 Å². The van der Waals surface area contributed by atoms with E-state index in [-0.39, 0.29) is 11.6 Å². The Hall–Kier alpha value is -0.810. The van der Waals surface area contributed by atoms with Crippen molar-refractivity contribution in [3.63, 3.8) is 0 Å². The Labute approximate surface area is 142 Å². The van der Waals surface area contributed by atoms with Gasteiger partial charge >= 0.3 is 6.09 Å². The summed E-state index contributed by atoms with van der Waals surface area (Å²) in [6.45, 7) is 16.1. The van der Waals surface area contributed by atoms with Crippen LogP contribution in [0.3, 0.4) is 0 Å². The predicted molar refractivity (Wildman–Crippen MR) is 95.7 cm³/mol. The first-order valence-corrected chi connectivity index (χ1v) is 9.02. The zero-order valence-electron chi connectivity index (χ0n) is 15.9. The van der Waals surface area contributed by atoms with Crippen LogP contribution >= 0.6 is 0 Å². The van der Waals surface area contributed by atoms with Crippen LogP contribution in [0.25, 0.3) is 0 Å². The molecule has 1 fully saturated rings. The van der Waals surface area contributed by atoms with Crippen molar-refractivity contribution in [1.82, 2.24) is 16.0 Å². The summed E-state index contributed by atoms with van der Waals surface area (Å²) in [7, 11) is 0. The second-order valence-electron chi connectivity index (χ2n) is 8.61. The molecule has 2 unspecified atom stereocenters. The fourth-order valence-corrected chi connectivity index (χ4v) is 3.18. The predicted octanol–water partition coefficient (Wildman–Crippen LogP) is 2.91. The van der Waals surface area contributed by atoms with Gasteiger partial charge in [0, 0.05) is 12.1 Å². The quantitative estimate of drug-likeness (QED) is 0.673. The molecule has 1 heterocycles. The fraction of sp³-hybridized carbons (Fsp3) is 0.944. The Kier molecular flexibility index (Phi) is 7.81. The maximum Gasteiger partial charge on any atom is 0.407 e. The monoisotopic (exact) mass is 327 g/mol. The van der Waals surface area contributed by atoms with Crippen molar-refractivity contribution in [3.05, 3.63) is 0 Å². The van der Waals surface area contributed by atoms with E-state index in [1.54, 1.807) is 0 Å². The number of rotatable bonds is 7. The van der Waals surface area contributed by atoms with Gasteiger partial charge in [0.05, 0.1) is 0 Å². The maximum absolute atomic E-state index is 11.9.